The minimum atomic E-state index is -0.0426. The highest BCUT2D eigenvalue weighted by molar-refractivity contribution is 5.95. The minimum Gasteiger partial charge on any atom is -0.348 e. The first-order valence-corrected chi connectivity index (χ1v) is 9.56. The van der Waals surface area contributed by atoms with Gasteiger partial charge in [-0.1, -0.05) is 18.2 Å². The van der Waals surface area contributed by atoms with Crippen LogP contribution in [0.2, 0.25) is 0 Å². The molecule has 1 aliphatic heterocycles. The first-order chi connectivity index (χ1) is 13.8. The number of hydrogen-bond donors (Lipinski definition) is 1. The van der Waals surface area contributed by atoms with E-state index in [0.29, 0.717) is 5.56 Å². The highest BCUT2D eigenvalue weighted by atomic mass is 16.1. The lowest BCUT2D eigenvalue weighted by molar-refractivity contribution is 0.0901. The zero-order valence-corrected chi connectivity index (χ0v) is 15.7. The van der Waals surface area contributed by atoms with E-state index in [1.54, 1.807) is 24.8 Å². The van der Waals surface area contributed by atoms with Crippen molar-refractivity contribution in [1.82, 2.24) is 25.2 Å². The molecule has 4 rings (SSSR count). The van der Waals surface area contributed by atoms with Crippen LogP contribution >= 0.6 is 0 Å². The Morgan fingerprint density at radius 3 is 2.86 bits per heavy atom. The average molecular weight is 373 g/mol. The van der Waals surface area contributed by atoms with Crippen molar-refractivity contribution in [2.75, 3.05) is 13.1 Å². The summed E-state index contributed by atoms with van der Waals surface area (Å²) < 4.78 is 0. The number of rotatable bonds is 5. The molecule has 142 valence electrons. The van der Waals surface area contributed by atoms with E-state index in [-0.39, 0.29) is 11.9 Å². The van der Waals surface area contributed by atoms with Crippen LogP contribution in [0.3, 0.4) is 0 Å². The molecule has 1 saturated heterocycles. The van der Waals surface area contributed by atoms with Crippen molar-refractivity contribution in [2.45, 2.75) is 25.4 Å². The maximum absolute atomic E-state index is 12.8. The summed E-state index contributed by atoms with van der Waals surface area (Å²) >= 11 is 0. The summed E-state index contributed by atoms with van der Waals surface area (Å²) in [4.78, 5) is 27.8. The fourth-order valence-corrected chi connectivity index (χ4v) is 3.60. The van der Waals surface area contributed by atoms with Crippen molar-refractivity contribution in [1.29, 1.82) is 0 Å². The predicted molar refractivity (Wildman–Crippen MR) is 107 cm³/mol. The fourth-order valence-electron chi connectivity index (χ4n) is 3.60. The SMILES string of the molecule is O=C(N[C@H]1CCCN(Cc2cccnc2)C1)c1cccc(-c2cnccn2)c1. The first kappa shape index (κ1) is 18.3. The van der Waals surface area contributed by atoms with E-state index in [2.05, 4.69) is 31.2 Å². The van der Waals surface area contributed by atoms with E-state index in [0.717, 1.165) is 43.7 Å². The monoisotopic (exact) mass is 373 g/mol. The Bertz CT molecular complexity index is 916. The van der Waals surface area contributed by atoms with Gasteiger partial charge in [-0.05, 0) is 43.1 Å². The Morgan fingerprint density at radius 1 is 1.11 bits per heavy atom. The van der Waals surface area contributed by atoms with Crippen molar-refractivity contribution < 1.29 is 4.79 Å². The molecule has 3 aromatic rings. The Balaban J connectivity index is 1.39. The van der Waals surface area contributed by atoms with Crippen LogP contribution in [0.15, 0.2) is 67.4 Å². The molecule has 28 heavy (non-hydrogen) atoms. The van der Waals surface area contributed by atoms with Crippen LogP contribution in [0.25, 0.3) is 11.3 Å². The molecule has 0 aliphatic carbocycles. The summed E-state index contributed by atoms with van der Waals surface area (Å²) in [5.74, 6) is -0.0426. The number of amides is 1. The van der Waals surface area contributed by atoms with E-state index in [4.69, 9.17) is 0 Å². The summed E-state index contributed by atoms with van der Waals surface area (Å²) in [6.45, 7) is 2.76. The quantitative estimate of drug-likeness (QED) is 0.745. The second kappa shape index (κ2) is 8.71. The molecule has 1 amide bonds. The number of benzene rings is 1. The van der Waals surface area contributed by atoms with Gasteiger partial charge in [0, 0.05) is 55.0 Å². The molecule has 1 atom stereocenters. The Kier molecular flexibility index (Phi) is 5.68. The van der Waals surface area contributed by atoms with Crippen LogP contribution in [0.5, 0.6) is 0 Å². The molecule has 1 N–H and O–H groups in total. The lowest BCUT2D eigenvalue weighted by atomic mass is 10.0. The predicted octanol–water partition coefficient (Wildman–Crippen LogP) is 2.93. The summed E-state index contributed by atoms with van der Waals surface area (Å²) in [7, 11) is 0. The van der Waals surface area contributed by atoms with Crippen LogP contribution in [0.4, 0.5) is 0 Å². The third kappa shape index (κ3) is 4.58. The summed E-state index contributed by atoms with van der Waals surface area (Å²) in [5, 5.41) is 3.20. The zero-order valence-electron chi connectivity index (χ0n) is 15.7. The van der Waals surface area contributed by atoms with E-state index < -0.39 is 0 Å². The number of nitrogens with one attached hydrogen (secondary N) is 1. The molecule has 1 aromatic carbocycles. The van der Waals surface area contributed by atoms with Crippen LogP contribution in [-0.2, 0) is 6.54 Å². The smallest absolute Gasteiger partial charge is 0.251 e. The zero-order chi connectivity index (χ0) is 19.2. The minimum absolute atomic E-state index is 0.0426. The molecule has 2 aromatic heterocycles. The van der Waals surface area contributed by atoms with Gasteiger partial charge in [-0.15, -0.1) is 0 Å². The standard InChI is InChI=1S/C22H23N5O/c28-22(19-6-1-5-18(12-19)21-14-24-9-10-25-21)26-20-7-3-11-27(16-20)15-17-4-2-8-23-13-17/h1-2,4-6,8-10,12-14,20H,3,7,11,15-16H2,(H,26,28)/t20-/m0/s1. The number of nitrogens with zero attached hydrogens (tertiary/aromatic N) is 4. The van der Waals surface area contributed by atoms with Gasteiger partial charge >= 0.3 is 0 Å². The molecule has 0 radical (unpaired) electrons. The molecular formula is C22H23N5O. The molecule has 0 saturated carbocycles. The molecule has 6 nitrogen and oxygen atoms in total. The van der Waals surface area contributed by atoms with Crippen molar-refractivity contribution in [3.63, 3.8) is 0 Å². The largest absolute Gasteiger partial charge is 0.348 e. The summed E-state index contributed by atoms with van der Waals surface area (Å²) in [6.07, 6.45) is 10.8. The third-order valence-corrected chi connectivity index (χ3v) is 4.95. The number of hydrogen-bond acceptors (Lipinski definition) is 5. The average Bonchev–Trinajstić information content (AvgIpc) is 2.75. The maximum atomic E-state index is 12.8. The molecule has 0 spiro atoms. The molecule has 3 heterocycles. The highest BCUT2D eigenvalue weighted by Gasteiger charge is 2.22. The van der Waals surface area contributed by atoms with Gasteiger partial charge < -0.3 is 5.32 Å². The summed E-state index contributed by atoms with van der Waals surface area (Å²) in [6, 6.07) is 11.7. The van der Waals surface area contributed by atoms with Crippen LogP contribution < -0.4 is 5.32 Å². The Morgan fingerprint density at radius 2 is 2.04 bits per heavy atom. The van der Waals surface area contributed by atoms with Gasteiger partial charge in [0.2, 0.25) is 0 Å². The Hall–Kier alpha value is -3.12. The number of likely N-dealkylation sites (tertiary alicyclic amines) is 1. The second-order valence-corrected chi connectivity index (χ2v) is 7.08. The molecule has 6 heteroatoms. The maximum Gasteiger partial charge on any atom is 0.251 e. The second-order valence-electron chi connectivity index (χ2n) is 7.08. The van der Waals surface area contributed by atoms with E-state index in [1.165, 1.54) is 5.56 Å². The van der Waals surface area contributed by atoms with Gasteiger partial charge in [-0.25, -0.2) is 0 Å². The van der Waals surface area contributed by atoms with Crippen molar-refractivity contribution >= 4 is 5.91 Å². The topological polar surface area (TPSA) is 71.0 Å². The molecular weight excluding hydrogens is 350 g/mol. The van der Waals surface area contributed by atoms with E-state index in [9.17, 15) is 4.79 Å². The van der Waals surface area contributed by atoms with Gasteiger partial charge in [0.25, 0.3) is 5.91 Å². The number of pyridine rings is 1. The van der Waals surface area contributed by atoms with Crippen molar-refractivity contribution in [2.24, 2.45) is 0 Å². The lowest BCUT2D eigenvalue weighted by Gasteiger charge is -2.33. The summed E-state index contributed by atoms with van der Waals surface area (Å²) in [5.41, 5.74) is 3.50. The van der Waals surface area contributed by atoms with E-state index >= 15 is 0 Å². The van der Waals surface area contributed by atoms with Gasteiger partial charge in [0.05, 0.1) is 11.9 Å². The first-order valence-electron chi connectivity index (χ1n) is 9.56. The van der Waals surface area contributed by atoms with Crippen molar-refractivity contribution in [3.05, 3.63) is 78.5 Å². The van der Waals surface area contributed by atoms with Crippen LogP contribution in [-0.4, -0.2) is 44.9 Å². The number of carbonyl (C=O) groups excluding carboxylic acids is 1. The normalized spacial score (nSPS) is 17.2. The van der Waals surface area contributed by atoms with Crippen LogP contribution in [0, 0.1) is 0 Å². The third-order valence-electron chi connectivity index (χ3n) is 4.95. The number of piperidine rings is 1. The number of aromatic nitrogens is 3. The Labute approximate surface area is 164 Å². The van der Waals surface area contributed by atoms with Crippen LogP contribution in [0.1, 0.15) is 28.8 Å². The molecule has 1 aliphatic rings. The van der Waals surface area contributed by atoms with E-state index in [1.807, 2.05) is 36.5 Å². The fraction of sp³-hybridized carbons (Fsp3) is 0.273. The lowest BCUT2D eigenvalue weighted by Crippen LogP contribution is -2.47. The molecule has 0 unspecified atom stereocenters. The van der Waals surface area contributed by atoms with Gasteiger partial charge in [-0.3, -0.25) is 24.6 Å². The molecule has 1 fully saturated rings. The van der Waals surface area contributed by atoms with Gasteiger partial charge in [0.15, 0.2) is 0 Å². The van der Waals surface area contributed by atoms with Crippen molar-refractivity contribution in [3.8, 4) is 11.3 Å². The molecule has 0 bridgehead atoms. The highest BCUT2D eigenvalue weighted by Crippen LogP contribution is 2.18. The number of carbonyl (C=O) groups is 1. The van der Waals surface area contributed by atoms with Gasteiger partial charge in [0.1, 0.15) is 0 Å². The van der Waals surface area contributed by atoms with Gasteiger partial charge in [-0.2, -0.15) is 0 Å².